The van der Waals surface area contributed by atoms with Crippen LogP contribution in [0, 0.1) is 9.39 Å². The summed E-state index contributed by atoms with van der Waals surface area (Å²) >= 11 is 2.23. The Morgan fingerprint density at radius 3 is 2.26 bits per heavy atom. The first kappa shape index (κ1) is 23.8. The summed E-state index contributed by atoms with van der Waals surface area (Å²) in [4.78, 5) is 4.58. The summed E-state index contributed by atoms with van der Waals surface area (Å²) in [5.41, 5.74) is 2.58. The number of para-hydroxylation sites is 1. The van der Waals surface area contributed by atoms with Gasteiger partial charge in [0.05, 0.1) is 15.9 Å². The maximum atomic E-state index is 13.1. The molecule has 0 atom stereocenters. The lowest BCUT2D eigenvalue weighted by Gasteiger charge is -2.15. The maximum absolute atomic E-state index is 13.1. The van der Waals surface area contributed by atoms with Crippen molar-refractivity contribution in [1.29, 1.82) is 0 Å². The van der Waals surface area contributed by atoms with Gasteiger partial charge in [-0.2, -0.15) is 0 Å². The van der Waals surface area contributed by atoms with Gasteiger partial charge in [0.1, 0.15) is 23.9 Å². The highest BCUT2D eigenvalue weighted by molar-refractivity contribution is 14.1. The van der Waals surface area contributed by atoms with Gasteiger partial charge in [-0.3, -0.25) is 4.99 Å². The average molecular weight is 567 g/mol. The Morgan fingerprint density at radius 1 is 0.853 bits per heavy atom. The Morgan fingerprint density at radius 2 is 1.56 bits per heavy atom. The van der Waals surface area contributed by atoms with Gasteiger partial charge in [-0.05, 0) is 101 Å². The molecule has 4 aromatic rings. The lowest BCUT2D eigenvalue weighted by atomic mass is 10.2. The fourth-order valence-corrected chi connectivity index (χ4v) is 3.96. The van der Waals surface area contributed by atoms with Gasteiger partial charge in [-0.15, -0.1) is 0 Å². The second-order valence-corrected chi connectivity index (χ2v) is 8.51. The van der Waals surface area contributed by atoms with Crippen molar-refractivity contribution in [3.05, 3.63) is 112 Å². The molecule has 172 valence electrons. The molecule has 34 heavy (non-hydrogen) atoms. The first-order chi connectivity index (χ1) is 16.6. The van der Waals surface area contributed by atoms with Crippen LogP contribution in [0.4, 0.5) is 10.1 Å². The van der Waals surface area contributed by atoms with E-state index in [4.69, 9.17) is 14.2 Å². The van der Waals surface area contributed by atoms with Crippen LogP contribution < -0.4 is 14.2 Å². The van der Waals surface area contributed by atoms with Gasteiger partial charge in [-0.25, -0.2) is 4.39 Å². The molecule has 0 spiro atoms. The van der Waals surface area contributed by atoms with Crippen LogP contribution in [0.3, 0.4) is 0 Å². The summed E-state index contributed by atoms with van der Waals surface area (Å²) in [6, 6.07) is 27.4. The van der Waals surface area contributed by atoms with E-state index in [0.717, 1.165) is 31.9 Å². The molecule has 6 heteroatoms. The number of aliphatic imine (C=N–C) groups is 1. The van der Waals surface area contributed by atoms with Crippen LogP contribution in [0.15, 0.2) is 96.0 Å². The molecule has 0 heterocycles. The number of nitrogens with zero attached hydrogens (tertiary/aromatic N) is 1. The molecule has 0 radical (unpaired) electrons. The second-order valence-electron chi connectivity index (χ2n) is 7.35. The van der Waals surface area contributed by atoms with Crippen molar-refractivity contribution < 1.29 is 18.6 Å². The van der Waals surface area contributed by atoms with Crippen molar-refractivity contribution in [2.75, 3.05) is 6.61 Å². The number of hydrogen-bond donors (Lipinski definition) is 0. The van der Waals surface area contributed by atoms with Crippen LogP contribution in [-0.2, 0) is 6.61 Å². The molecule has 0 saturated carbocycles. The number of benzene rings is 4. The van der Waals surface area contributed by atoms with Crippen molar-refractivity contribution in [1.82, 2.24) is 0 Å². The van der Waals surface area contributed by atoms with E-state index in [2.05, 4.69) is 27.6 Å². The highest BCUT2D eigenvalue weighted by Crippen LogP contribution is 2.35. The Bertz CT molecular complexity index is 1240. The van der Waals surface area contributed by atoms with Crippen molar-refractivity contribution >= 4 is 34.5 Å². The fourth-order valence-electron chi connectivity index (χ4n) is 3.18. The van der Waals surface area contributed by atoms with Gasteiger partial charge in [-0.1, -0.05) is 30.3 Å². The zero-order valence-electron chi connectivity index (χ0n) is 18.6. The summed E-state index contributed by atoms with van der Waals surface area (Å²) < 4.78 is 31.7. The Kier molecular flexibility index (Phi) is 8.14. The third-order valence-electron chi connectivity index (χ3n) is 4.81. The topological polar surface area (TPSA) is 40.0 Å². The molecule has 0 saturated heterocycles. The summed E-state index contributed by atoms with van der Waals surface area (Å²) in [5.74, 6) is 2.57. The normalized spacial score (nSPS) is 10.9. The van der Waals surface area contributed by atoms with E-state index in [1.807, 2.05) is 73.7 Å². The monoisotopic (exact) mass is 567 g/mol. The SMILES string of the molecule is CCOc1cc(C=Nc2ccc(Oc3ccccc3)cc2)cc(I)c1OCc1ccc(F)cc1. The lowest BCUT2D eigenvalue weighted by molar-refractivity contribution is 0.267. The minimum absolute atomic E-state index is 0.268. The smallest absolute Gasteiger partial charge is 0.175 e. The molecule has 0 aliphatic carbocycles. The first-order valence-corrected chi connectivity index (χ1v) is 11.9. The molecule has 0 aliphatic rings. The number of ether oxygens (including phenoxy) is 3. The van der Waals surface area contributed by atoms with Gasteiger partial charge in [0, 0.05) is 6.21 Å². The minimum atomic E-state index is -0.268. The molecule has 0 aliphatic heterocycles. The molecular formula is C28H23FINO3. The van der Waals surface area contributed by atoms with Crippen LogP contribution >= 0.6 is 22.6 Å². The molecule has 0 N–H and O–H groups in total. The highest BCUT2D eigenvalue weighted by Gasteiger charge is 2.12. The Hall–Kier alpha value is -3.39. The zero-order valence-corrected chi connectivity index (χ0v) is 20.7. The fraction of sp³-hybridized carbons (Fsp3) is 0.107. The molecule has 4 nitrogen and oxygen atoms in total. The van der Waals surface area contributed by atoms with E-state index in [1.165, 1.54) is 12.1 Å². The largest absolute Gasteiger partial charge is 0.490 e. The van der Waals surface area contributed by atoms with Crippen LogP contribution in [0.2, 0.25) is 0 Å². The van der Waals surface area contributed by atoms with Gasteiger partial charge < -0.3 is 14.2 Å². The van der Waals surface area contributed by atoms with E-state index in [0.29, 0.717) is 24.7 Å². The molecule has 0 bridgehead atoms. The van der Waals surface area contributed by atoms with Crippen LogP contribution in [0.5, 0.6) is 23.0 Å². The van der Waals surface area contributed by atoms with Gasteiger partial charge >= 0.3 is 0 Å². The molecule has 0 aromatic heterocycles. The minimum Gasteiger partial charge on any atom is -0.490 e. The zero-order chi connectivity index (χ0) is 23.8. The van der Waals surface area contributed by atoms with E-state index in [-0.39, 0.29) is 5.82 Å². The first-order valence-electron chi connectivity index (χ1n) is 10.8. The molecule has 0 amide bonds. The Balaban J connectivity index is 1.46. The van der Waals surface area contributed by atoms with Crippen LogP contribution in [-0.4, -0.2) is 12.8 Å². The van der Waals surface area contributed by atoms with E-state index < -0.39 is 0 Å². The average Bonchev–Trinajstić information content (AvgIpc) is 2.85. The molecule has 4 aromatic carbocycles. The molecule has 0 unspecified atom stereocenters. The molecule has 4 rings (SSSR count). The van der Waals surface area contributed by atoms with E-state index >= 15 is 0 Å². The van der Waals surface area contributed by atoms with Gasteiger partial charge in [0.15, 0.2) is 11.5 Å². The predicted octanol–water partition coefficient (Wildman–Crippen LogP) is 7.95. The molecule has 0 fully saturated rings. The third kappa shape index (κ3) is 6.57. The number of halogens is 2. The maximum Gasteiger partial charge on any atom is 0.175 e. The number of rotatable bonds is 9. The predicted molar refractivity (Wildman–Crippen MR) is 141 cm³/mol. The van der Waals surface area contributed by atoms with Crippen LogP contribution in [0.25, 0.3) is 0 Å². The second kappa shape index (κ2) is 11.7. The van der Waals surface area contributed by atoms with Crippen molar-refractivity contribution in [3.8, 4) is 23.0 Å². The van der Waals surface area contributed by atoms with Crippen molar-refractivity contribution in [2.45, 2.75) is 13.5 Å². The third-order valence-corrected chi connectivity index (χ3v) is 5.61. The quantitative estimate of drug-likeness (QED) is 0.152. The van der Waals surface area contributed by atoms with Crippen LogP contribution in [0.1, 0.15) is 18.1 Å². The van der Waals surface area contributed by atoms with Gasteiger partial charge in [0.2, 0.25) is 0 Å². The van der Waals surface area contributed by atoms with E-state index in [1.54, 1.807) is 18.3 Å². The number of hydrogen-bond acceptors (Lipinski definition) is 4. The standard InChI is InChI=1S/C28H23FINO3/c1-2-32-27-17-21(16-26(30)28(27)33-19-20-8-10-22(29)11-9-20)18-31-23-12-14-25(15-13-23)34-24-6-4-3-5-7-24/h3-18H,2,19H2,1H3. The lowest BCUT2D eigenvalue weighted by Crippen LogP contribution is -2.02. The molecular weight excluding hydrogens is 544 g/mol. The van der Waals surface area contributed by atoms with Crippen molar-refractivity contribution in [2.24, 2.45) is 4.99 Å². The summed E-state index contributed by atoms with van der Waals surface area (Å²) in [6.45, 7) is 2.75. The summed E-state index contributed by atoms with van der Waals surface area (Å²) in [5, 5.41) is 0. The summed E-state index contributed by atoms with van der Waals surface area (Å²) in [6.07, 6.45) is 1.79. The Labute approximate surface area is 212 Å². The highest BCUT2D eigenvalue weighted by atomic mass is 127. The van der Waals surface area contributed by atoms with Crippen molar-refractivity contribution in [3.63, 3.8) is 0 Å². The van der Waals surface area contributed by atoms with E-state index in [9.17, 15) is 4.39 Å². The van der Waals surface area contributed by atoms with Gasteiger partial charge in [0.25, 0.3) is 0 Å². The summed E-state index contributed by atoms with van der Waals surface area (Å²) in [7, 11) is 0.